The summed E-state index contributed by atoms with van der Waals surface area (Å²) in [5, 5.41) is 7.64. The van der Waals surface area contributed by atoms with E-state index in [-0.39, 0.29) is 28.6 Å². The van der Waals surface area contributed by atoms with Gasteiger partial charge in [-0.15, -0.1) is 10.2 Å². The third kappa shape index (κ3) is 4.36. The molecule has 3 atom stereocenters. The summed E-state index contributed by atoms with van der Waals surface area (Å²) in [7, 11) is -4.23. The van der Waals surface area contributed by atoms with Crippen LogP contribution in [0.25, 0.3) is 5.65 Å². The standard InChI is InChI=1S/C24H27F3N6O2S/c1-2-17-11-20(36(34,35)31-18-5-3-6-19(12-18)33-15-29-30-16-33)14-23(13-17,24(25,26)27)21-7-4-9-32-10-8-28-22(21)32/h4,7-11,14-16,18-19,31H,2-3,5-6,12-13H2,1H3/t18-,19+,23?/m0/s1. The molecule has 3 aromatic heterocycles. The van der Waals surface area contributed by atoms with Crippen molar-refractivity contribution in [3.63, 3.8) is 0 Å². The summed E-state index contributed by atoms with van der Waals surface area (Å²) in [5.41, 5.74) is -2.03. The third-order valence-corrected chi connectivity index (χ3v) is 8.74. The smallest absolute Gasteiger partial charge is 0.317 e. The molecule has 0 bridgehead atoms. The van der Waals surface area contributed by atoms with Gasteiger partial charge in [0.15, 0.2) is 0 Å². The Morgan fingerprint density at radius 1 is 1.19 bits per heavy atom. The van der Waals surface area contributed by atoms with E-state index in [1.54, 1.807) is 32.0 Å². The molecule has 3 aromatic rings. The molecule has 2 aliphatic rings. The Balaban J connectivity index is 1.54. The van der Waals surface area contributed by atoms with Crippen LogP contribution in [0.15, 0.2) is 66.0 Å². The van der Waals surface area contributed by atoms with Crippen LogP contribution >= 0.6 is 0 Å². The van der Waals surface area contributed by atoms with Crippen molar-refractivity contribution in [1.29, 1.82) is 0 Å². The molecule has 1 fully saturated rings. The largest absolute Gasteiger partial charge is 0.402 e. The van der Waals surface area contributed by atoms with Crippen molar-refractivity contribution in [2.75, 3.05) is 0 Å². The first-order chi connectivity index (χ1) is 17.1. The molecular formula is C24H27F3N6O2S. The van der Waals surface area contributed by atoms with E-state index in [2.05, 4.69) is 19.9 Å². The van der Waals surface area contributed by atoms with Gasteiger partial charge in [-0.25, -0.2) is 18.1 Å². The molecule has 1 N–H and O–H groups in total. The van der Waals surface area contributed by atoms with Crippen molar-refractivity contribution in [2.24, 2.45) is 0 Å². The van der Waals surface area contributed by atoms with Gasteiger partial charge in [-0.1, -0.05) is 18.6 Å². The monoisotopic (exact) mass is 520 g/mol. The first kappa shape index (κ1) is 24.7. The molecule has 36 heavy (non-hydrogen) atoms. The Morgan fingerprint density at radius 3 is 2.69 bits per heavy atom. The average molecular weight is 521 g/mol. The zero-order valence-corrected chi connectivity index (χ0v) is 20.5. The summed E-state index contributed by atoms with van der Waals surface area (Å²) in [4.78, 5) is 3.79. The number of hydrogen-bond donors (Lipinski definition) is 1. The highest BCUT2D eigenvalue weighted by Crippen LogP contribution is 2.51. The van der Waals surface area contributed by atoms with E-state index in [9.17, 15) is 21.6 Å². The van der Waals surface area contributed by atoms with Gasteiger partial charge in [-0.2, -0.15) is 13.2 Å². The maximum Gasteiger partial charge on any atom is 0.402 e. The summed E-state index contributed by atoms with van der Waals surface area (Å²) in [6.07, 6.45) is 7.99. The second kappa shape index (κ2) is 9.15. The van der Waals surface area contributed by atoms with Crippen molar-refractivity contribution >= 4 is 15.7 Å². The lowest BCUT2D eigenvalue weighted by Crippen LogP contribution is -2.45. The Labute approximate surface area is 207 Å². The Kier molecular flexibility index (Phi) is 6.27. The van der Waals surface area contributed by atoms with Gasteiger partial charge in [-0.3, -0.25) is 0 Å². The predicted molar refractivity (Wildman–Crippen MR) is 127 cm³/mol. The van der Waals surface area contributed by atoms with Crippen LogP contribution in [0.2, 0.25) is 0 Å². The number of nitrogens with zero attached hydrogens (tertiary/aromatic N) is 5. The second-order valence-corrected chi connectivity index (χ2v) is 11.2. The summed E-state index contributed by atoms with van der Waals surface area (Å²) >= 11 is 0. The maximum atomic E-state index is 14.9. The highest BCUT2D eigenvalue weighted by Gasteiger charge is 2.57. The molecule has 1 saturated carbocycles. The lowest BCUT2D eigenvalue weighted by molar-refractivity contribution is -0.176. The number of rotatable bonds is 6. The molecule has 1 unspecified atom stereocenters. The van der Waals surface area contributed by atoms with Crippen LogP contribution in [-0.2, 0) is 15.4 Å². The lowest BCUT2D eigenvalue weighted by atomic mass is 9.72. The number of fused-ring (bicyclic) bond motifs is 1. The van der Waals surface area contributed by atoms with Gasteiger partial charge in [-0.05, 0) is 56.7 Å². The zero-order valence-electron chi connectivity index (χ0n) is 19.7. The third-order valence-electron chi connectivity index (χ3n) is 7.24. The number of nitrogens with one attached hydrogen (secondary N) is 1. The minimum absolute atomic E-state index is 0.0239. The minimum atomic E-state index is -4.75. The minimum Gasteiger partial charge on any atom is -0.317 e. The van der Waals surface area contributed by atoms with Crippen LogP contribution in [-0.4, -0.2) is 44.8 Å². The molecule has 2 aliphatic carbocycles. The molecule has 0 aliphatic heterocycles. The number of allylic oxidation sites excluding steroid dienone is 3. The molecule has 192 valence electrons. The molecule has 5 rings (SSSR count). The molecule has 3 heterocycles. The summed E-state index contributed by atoms with van der Waals surface area (Å²) < 4.78 is 77.8. The van der Waals surface area contributed by atoms with Crippen LogP contribution in [0, 0.1) is 0 Å². The molecule has 0 saturated heterocycles. The van der Waals surface area contributed by atoms with Crippen LogP contribution in [0.5, 0.6) is 0 Å². The first-order valence-corrected chi connectivity index (χ1v) is 13.4. The number of aromatic nitrogens is 5. The number of imidazole rings is 1. The summed E-state index contributed by atoms with van der Waals surface area (Å²) in [5.74, 6) is 0. The van der Waals surface area contributed by atoms with Crippen molar-refractivity contribution in [3.8, 4) is 0 Å². The highest BCUT2D eigenvalue weighted by atomic mass is 32.2. The van der Waals surface area contributed by atoms with E-state index >= 15 is 0 Å². The first-order valence-electron chi connectivity index (χ1n) is 11.9. The molecule has 0 aromatic carbocycles. The number of alkyl halides is 3. The quantitative estimate of drug-likeness (QED) is 0.518. The van der Waals surface area contributed by atoms with Gasteiger partial charge in [0, 0.05) is 36.2 Å². The van der Waals surface area contributed by atoms with E-state index in [1.165, 1.54) is 28.8 Å². The van der Waals surface area contributed by atoms with Crippen LogP contribution in [0.4, 0.5) is 13.2 Å². The van der Waals surface area contributed by atoms with Crippen LogP contribution in [0.3, 0.4) is 0 Å². The number of hydrogen-bond acceptors (Lipinski definition) is 5. The fourth-order valence-corrected chi connectivity index (χ4v) is 6.83. The van der Waals surface area contributed by atoms with Crippen molar-refractivity contribution in [3.05, 3.63) is 71.6 Å². The molecule has 0 radical (unpaired) electrons. The normalized spacial score (nSPS) is 25.6. The molecule has 12 heteroatoms. The van der Waals surface area contributed by atoms with E-state index < -0.39 is 27.7 Å². The van der Waals surface area contributed by atoms with Crippen molar-refractivity contribution in [2.45, 2.75) is 69.1 Å². The van der Waals surface area contributed by atoms with Gasteiger partial charge < -0.3 is 8.97 Å². The van der Waals surface area contributed by atoms with E-state index in [4.69, 9.17) is 0 Å². The molecular weight excluding hydrogens is 493 g/mol. The number of pyridine rings is 1. The Bertz CT molecular complexity index is 1410. The SMILES string of the molecule is CCC1=CC(S(=O)(=O)N[C@H]2CCC[C@@H](n3cnnc3)C2)=CC(c2cccn3ccnc23)(C(F)(F)F)C1. The van der Waals surface area contributed by atoms with Crippen LogP contribution in [0.1, 0.15) is 57.1 Å². The average Bonchev–Trinajstić information content (AvgIpc) is 3.55. The number of halogens is 3. The van der Waals surface area contributed by atoms with E-state index in [0.717, 1.165) is 18.9 Å². The van der Waals surface area contributed by atoms with Gasteiger partial charge >= 0.3 is 6.18 Å². The summed E-state index contributed by atoms with van der Waals surface area (Å²) in [6, 6.07) is 2.52. The van der Waals surface area contributed by atoms with Gasteiger partial charge in [0.25, 0.3) is 0 Å². The van der Waals surface area contributed by atoms with Crippen molar-refractivity contribution in [1.82, 2.24) is 28.9 Å². The summed E-state index contributed by atoms with van der Waals surface area (Å²) in [6.45, 7) is 1.73. The fraction of sp³-hybridized carbons (Fsp3) is 0.458. The molecule has 8 nitrogen and oxygen atoms in total. The Hall–Kier alpha value is -2.99. The predicted octanol–water partition coefficient (Wildman–Crippen LogP) is 4.45. The Morgan fingerprint density at radius 2 is 1.97 bits per heavy atom. The topological polar surface area (TPSA) is 94.2 Å². The van der Waals surface area contributed by atoms with E-state index in [0.29, 0.717) is 24.8 Å². The lowest BCUT2D eigenvalue weighted by Gasteiger charge is -2.37. The van der Waals surface area contributed by atoms with Gasteiger partial charge in [0.05, 0.1) is 4.91 Å². The highest BCUT2D eigenvalue weighted by molar-refractivity contribution is 7.93. The zero-order chi connectivity index (χ0) is 25.6. The van der Waals surface area contributed by atoms with Gasteiger partial charge in [0.2, 0.25) is 10.0 Å². The van der Waals surface area contributed by atoms with E-state index in [1.807, 2.05) is 4.57 Å². The fourth-order valence-electron chi connectivity index (χ4n) is 5.36. The maximum absolute atomic E-state index is 14.9. The number of sulfonamides is 1. The van der Waals surface area contributed by atoms with Crippen molar-refractivity contribution < 1.29 is 21.6 Å². The molecule has 0 spiro atoms. The van der Waals surface area contributed by atoms with Gasteiger partial charge in [0.1, 0.15) is 23.7 Å². The molecule has 0 amide bonds. The second-order valence-electron chi connectivity index (χ2n) is 9.48. The van der Waals surface area contributed by atoms with Crippen LogP contribution < -0.4 is 4.72 Å².